The molecule has 0 bridgehead atoms. The Hall–Kier alpha value is -1.88. The van der Waals surface area contributed by atoms with Crippen molar-refractivity contribution in [2.45, 2.75) is 64.1 Å². The van der Waals surface area contributed by atoms with E-state index in [1.54, 1.807) is 0 Å². The largest absolute Gasteiger partial charge is 0.350 e. The molecule has 0 radical (unpaired) electrons. The molecule has 0 spiro atoms. The fraction of sp³-hybridized carbons (Fsp3) is 0.556. The van der Waals surface area contributed by atoms with Gasteiger partial charge in [0.25, 0.3) is 0 Å². The van der Waals surface area contributed by atoms with Gasteiger partial charge in [0.1, 0.15) is 0 Å². The Morgan fingerprint density at radius 1 is 1.22 bits per heavy atom. The Balaban J connectivity index is 1.61. The first-order valence-electron chi connectivity index (χ1n) is 8.46. The third-order valence-corrected chi connectivity index (χ3v) is 4.88. The van der Waals surface area contributed by atoms with Gasteiger partial charge in [-0.25, -0.2) is 0 Å². The highest BCUT2D eigenvalue weighted by atomic mass is 16.2. The molecule has 2 aliphatic rings. The fourth-order valence-corrected chi connectivity index (χ4v) is 3.53. The van der Waals surface area contributed by atoms with Gasteiger partial charge in [0.15, 0.2) is 0 Å². The molecule has 0 aromatic heterocycles. The first-order chi connectivity index (χ1) is 11.0. The zero-order chi connectivity index (χ0) is 16.4. The summed E-state index contributed by atoms with van der Waals surface area (Å²) < 4.78 is 0. The minimum Gasteiger partial charge on any atom is -0.350 e. The van der Waals surface area contributed by atoms with Crippen molar-refractivity contribution >= 4 is 17.5 Å². The zero-order valence-electron chi connectivity index (χ0n) is 13.8. The number of carbonyl (C=O) groups is 2. The van der Waals surface area contributed by atoms with E-state index in [0.29, 0.717) is 6.04 Å². The summed E-state index contributed by atoms with van der Waals surface area (Å²) in [6.07, 6.45) is 4.62. The summed E-state index contributed by atoms with van der Waals surface area (Å²) in [5, 5.41) is 9.38. The summed E-state index contributed by atoms with van der Waals surface area (Å²) in [4.78, 5) is 24.5. The molecule has 1 saturated carbocycles. The number of hydrogen-bond acceptors (Lipinski definition) is 3. The Labute approximate surface area is 137 Å². The molecule has 1 aromatic rings. The van der Waals surface area contributed by atoms with Gasteiger partial charge in [0.05, 0.1) is 12.5 Å². The van der Waals surface area contributed by atoms with Crippen molar-refractivity contribution < 1.29 is 9.59 Å². The molecule has 3 rings (SSSR count). The topological polar surface area (TPSA) is 70.2 Å². The molecule has 2 fully saturated rings. The summed E-state index contributed by atoms with van der Waals surface area (Å²) in [7, 11) is 0. The molecular formula is C18H25N3O2. The fourth-order valence-electron chi connectivity index (χ4n) is 3.53. The van der Waals surface area contributed by atoms with Gasteiger partial charge in [-0.2, -0.15) is 0 Å². The Morgan fingerprint density at radius 2 is 1.96 bits per heavy atom. The van der Waals surface area contributed by atoms with Gasteiger partial charge in [-0.1, -0.05) is 25.0 Å². The van der Waals surface area contributed by atoms with E-state index in [1.807, 2.05) is 32.0 Å². The number of benzene rings is 1. The average molecular weight is 315 g/mol. The predicted octanol–water partition coefficient (Wildman–Crippen LogP) is 2.03. The van der Waals surface area contributed by atoms with Gasteiger partial charge in [0.2, 0.25) is 11.8 Å². The number of fused-ring (bicyclic) bond motifs is 1. The zero-order valence-corrected chi connectivity index (χ0v) is 13.8. The van der Waals surface area contributed by atoms with Gasteiger partial charge in [-0.15, -0.1) is 0 Å². The van der Waals surface area contributed by atoms with E-state index in [9.17, 15) is 9.59 Å². The highest BCUT2D eigenvalue weighted by Gasteiger charge is 2.36. The molecule has 2 amide bonds. The summed E-state index contributed by atoms with van der Waals surface area (Å²) in [6.45, 7) is 3.96. The molecule has 1 saturated heterocycles. The monoisotopic (exact) mass is 315 g/mol. The number of nitrogens with one attached hydrogen (secondary N) is 3. The summed E-state index contributed by atoms with van der Waals surface area (Å²) in [5.74, 6) is -0.176. The Morgan fingerprint density at radius 3 is 2.74 bits per heavy atom. The first-order valence-corrected chi connectivity index (χ1v) is 8.46. The number of hydrogen-bond donors (Lipinski definition) is 3. The van der Waals surface area contributed by atoms with Crippen LogP contribution in [-0.2, 0) is 9.59 Å². The van der Waals surface area contributed by atoms with E-state index in [2.05, 4.69) is 16.0 Å². The van der Waals surface area contributed by atoms with E-state index >= 15 is 0 Å². The van der Waals surface area contributed by atoms with Crippen molar-refractivity contribution in [1.82, 2.24) is 10.6 Å². The lowest BCUT2D eigenvalue weighted by Gasteiger charge is -2.40. The molecule has 3 N–H and O–H groups in total. The number of aryl methyl sites for hydroxylation is 2. The quantitative estimate of drug-likeness (QED) is 0.799. The van der Waals surface area contributed by atoms with Gasteiger partial charge in [-0.3, -0.25) is 9.59 Å². The molecule has 1 aliphatic carbocycles. The van der Waals surface area contributed by atoms with Gasteiger partial charge >= 0.3 is 0 Å². The number of carbonyl (C=O) groups excluding carboxylic acids is 2. The second kappa shape index (κ2) is 6.71. The number of anilines is 1. The minimum absolute atomic E-state index is 0.0516. The van der Waals surface area contributed by atoms with Crippen LogP contribution in [0.3, 0.4) is 0 Å². The van der Waals surface area contributed by atoms with E-state index in [1.165, 1.54) is 12.8 Å². The van der Waals surface area contributed by atoms with Crippen molar-refractivity contribution in [3.63, 3.8) is 0 Å². The van der Waals surface area contributed by atoms with Crippen LogP contribution in [0.15, 0.2) is 18.2 Å². The smallest absolute Gasteiger partial charge is 0.237 e. The van der Waals surface area contributed by atoms with Crippen molar-refractivity contribution in [3.8, 4) is 0 Å². The second-order valence-electron chi connectivity index (χ2n) is 6.80. The van der Waals surface area contributed by atoms with Gasteiger partial charge < -0.3 is 16.0 Å². The highest BCUT2D eigenvalue weighted by molar-refractivity contribution is 5.96. The lowest BCUT2D eigenvalue weighted by Crippen LogP contribution is -2.65. The molecular weight excluding hydrogens is 290 g/mol. The molecule has 1 aromatic carbocycles. The van der Waals surface area contributed by atoms with Gasteiger partial charge in [0, 0.05) is 17.8 Å². The third kappa shape index (κ3) is 3.72. The van der Waals surface area contributed by atoms with E-state index in [4.69, 9.17) is 0 Å². The molecule has 0 unspecified atom stereocenters. The third-order valence-electron chi connectivity index (χ3n) is 4.88. The lowest BCUT2D eigenvalue weighted by atomic mass is 9.87. The minimum atomic E-state index is -0.431. The predicted molar refractivity (Wildman–Crippen MR) is 90.3 cm³/mol. The van der Waals surface area contributed by atoms with Crippen molar-refractivity contribution in [2.24, 2.45) is 0 Å². The second-order valence-corrected chi connectivity index (χ2v) is 6.80. The maximum absolute atomic E-state index is 12.3. The Bertz CT molecular complexity index is 614. The maximum atomic E-state index is 12.3. The van der Waals surface area contributed by atoms with Crippen LogP contribution in [0.25, 0.3) is 0 Å². The number of amides is 2. The number of piperazine rings is 1. The van der Waals surface area contributed by atoms with Crippen LogP contribution in [0.1, 0.15) is 43.2 Å². The summed E-state index contributed by atoms with van der Waals surface area (Å²) in [6, 6.07) is 6.07. The molecule has 124 valence electrons. The van der Waals surface area contributed by atoms with Crippen LogP contribution >= 0.6 is 0 Å². The van der Waals surface area contributed by atoms with E-state index in [-0.39, 0.29) is 24.3 Å². The van der Waals surface area contributed by atoms with Crippen LogP contribution in [0.4, 0.5) is 5.69 Å². The molecule has 3 atom stereocenters. The van der Waals surface area contributed by atoms with Crippen LogP contribution < -0.4 is 16.0 Å². The molecule has 1 aliphatic heterocycles. The van der Waals surface area contributed by atoms with Crippen molar-refractivity contribution in [3.05, 3.63) is 29.3 Å². The first kappa shape index (κ1) is 16.0. The molecule has 5 heteroatoms. The molecule has 23 heavy (non-hydrogen) atoms. The van der Waals surface area contributed by atoms with Crippen LogP contribution in [0.2, 0.25) is 0 Å². The van der Waals surface area contributed by atoms with Gasteiger partial charge in [-0.05, 0) is 43.9 Å². The SMILES string of the molecule is Cc1ccc(C)c(NC(=O)C[C@@H]2N[C@@H]3CCCC[C@H]3NC2=O)c1. The summed E-state index contributed by atoms with van der Waals surface area (Å²) in [5.41, 5.74) is 2.95. The lowest BCUT2D eigenvalue weighted by molar-refractivity contribution is -0.129. The average Bonchev–Trinajstić information content (AvgIpc) is 2.51. The van der Waals surface area contributed by atoms with Crippen LogP contribution in [0, 0.1) is 13.8 Å². The highest BCUT2D eigenvalue weighted by Crippen LogP contribution is 2.23. The normalized spacial score (nSPS) is 27.0. The van der Waals surface area contributed by atoms with Crippen molar-refractivity contribution in [2.75, 3.05) is 5.32 Å². The summed E-state index contributed by atoms with van der Waals surface area (Å²) >= 11 is 0. The van der Waals surface area contributed by atoms with E-state index in [0.717, 1.165) is 29.7 Å². The molecule has 1 heterocycles. The Kier molecular flexibility index (Phi) is 4.66. The standard InChI is InChI=1S/C18H25N3O2/c1-11-7-8-12(2)15(9-11)20-17(22)10-16-18(23)21-14-6-4-3-5-13(14)19-16/h7-9,13-14,16,19H,3-6,10H2,1-2H3,(H,20,22)(H,21,23)/t13-,14-,16+/m1/s1. The van der Waals surface area contributed by atoms with Crippen LogP contribution in [0.5, 0.6) is 0 Å². The van der Waals surface area contributed by atoms with Crippen LogP contribution in [-0.4, -0.2) is 29.9 Å². The molecule has 5 nitrogen and oxygen atoms in total. The van der Waals surface area contributed by atoms with Crippen molar-refractivity contribution in [1.29, 1.82) is 0 Å². The number of rotatable bonds is 3. The maximum Gasteiger partial charge on any atom is 0.237 e. The van der Waals surface area contributed by atoms with E-state index < -0.39 is 6.04 Å².